The lowest BCUT2D eigenvalue weighted by Gasteiger charge is -2.37. The molecule has 0 unspecified atom stereocenters. The van der Waals surface area contributed by atoms with Crippen LogP contribution < -0.4 is 20.7 Å². The Morgan fingerprint density at radius 3 is 2.72 bits per heavy atom. The highest BCUT2D eigenvalue weighted by molar-refractivity contribution is 6.11. The maximum absolute atomic E-state index is 12.5. The summed E-state index contributed by atoms with van der Waals surface area (Å²) in [7, 11) is 1.43. The molecule has 0 aromatic heterocycles. The molecule has 1 saturated carbocycles. The topological polar surface area (TPSA) is 89.2 Å². The number of nitrogens with one attached hydrogen (secondary N) is 1. The third kappa shape index (κ3) is 4.63. The van der Waals surface area contributed by atoms with Crippen molar-refractivity contribution in [1.29, 1.82) is 0 Å². The van der Waals surface area contributed by atoms with Gasteiger partial charge in [0.25, 0.3) is 0 Å². The number of ether oxygens (including phenoxy) is 2. The van der Waals surface area contributed by atoms with Crippen molar-refractivity contribution in [3.05, 3.63) is 29.5 Å². The van der Waals surface area contributed by atoms with Crippen LogP contribution in [0.3, 0.4) is 0 Å². The molecule has 2 aliphatic heterocycles. The van der Waals surface area contributed by atoms with Crippen LogP contribution in [0.5, 0.6) is 5.75 Å². The van der Waals surface area contributed by atoms with Crippen LogP contribution in [0.25, 0.3) is 5.57 Å². The molecule has 1 aromatic carbocycles. The molecule has 1 saturated heterocycles. The van der Waals surface area contributed by atoms with Crippen molar-refractivity contribution in [2.45, 2.75) is 83.0 Å². The second-order valence-electron chi connectivity index (χ2n) is 9.27. The van der Waals surface area contributed by atoms with Crippen molar-refractivity contribution >= 4 is 23.6 Å². The van der Waals surface area contributed by atoms with E-state index in [0.29, 0.717) is 12.1 Å². The molecule has 1 aromatic rings. The number of piperidine rings is 1. The van der Waals surface area contributed by atoms with Gasteiger partial charge in [-0.1, -0.05) is 0 Å². The summed E-state index contributed by atoms with van der Waals surface area (Å²) in [5, 5.41) is 3.47. The number of carbonyl (C=O) groups is 1. The molecule has 0 radical (unpaired) electrons. The monoisotopic (exact) mass is 440 g/mol. The molecule has 4 rings (SSSR count). The summed E-state index contributed by atoms with van der Waals surface area (Å²) in [5.74, 6) is 0.842. The highest BCUT2D eigenvalue weighted by atomic mass is 16.5. The molecule has 174 valence electrons. The predicted octanol–water partition coefficient (Wildman–Crippen LogP) is 4.04. The van der Waals surface area contributed by atoms with Gasteiger partial charge in [0.1, 0.15) is 5.75 Å². The molecular weight excluding hydrogens is 404 g/mol. The fraction of sp³-hybridized carbons (Fsp3) is 0.600. The summed E-state index contributed by atoms with van der Waals surface area (Å²) >= 11 is 0. The molecule has 1 aliphatic carbocycles. The highest BCUT2D eigenvalue weighted by Crippen LogP contribution is 2.43. The van der Waals surface area contributed by atoms with Crippen molar-refractivity contribution in [2.75, 3.05) is 18.6 Å². The number of methoxy groups -OCH3 is 1. The fourth-order valence-electron chi connectivity index (χ4n) is 4.83. The average molecular weight is 441 g/mol. The van der Waals surface area contributed by atoms with E-state index in [4.69, 9.17) is 20.2 Å². The Hall–Kier alpha value is -2.54. The number of allylic oxidation sites excluding steroid dienone is 1. The van der Waals surface area contributed by atoms with Gasteiger partial charge in [-0.3, -0.25) is 9.89 Å². The lowest BCUT2D eigenvalue weighted by atomic mass is 9.91. The van der Waals surface area contributed by atoms with Crippen LogP contribution in [0.2, 0.25) is 0 Å². The van der Waals surface area contributed by atoms with E-state index in [1.54, 1.807) is 11.1 Å². The first-order chi connectivity index (χ1) is 15.5. The summed E-state index contributed by atoms with van der Waals surface area (Å²) in [6.07, 6.45) is 10.5. The van der Waals surface area contributed by atoms with Crippen molar-refractivity contribution in [3.63, 3.8) is 0 Å². The highest BCUT2D eigenvalue weighted by Gasteiger charge is 2.33. The minimum Gasteiger partial charge on any atom is -0.489 e. The second-order valence-corrected chi connectivity index (χ2v) is 9.27. The van der Waals surface area contributed by atoms with Crippen molar-refractivity contribution in [2.24, 2.45) is 10.7 Å². The Morgan fingerprint density at radius 1 is 1.25 bits per heavy atom. The number of rotatable bonds is 5. The molecular formula is C25H36N4O3. The van der Waals surface area contributed by atoms with Crippen molar-refractivity contribution < 1.29 is 14.3 Å². The number of carbonyl (C=O) groups excluding carboxylic acids is 1. The van der Waals surface area contributed by atoms with E-state index < -0.39 is 0 Å². The van der Waals surface area contributed by atoms with Gasteiger partial charge in [-0.2, -0.15) is 0 Å². The molecule has 1 amide bonds. The second kappa shape index (κ2) is 9.94. The number of hydrogen-bond donors (Lipinski definition) is 2. The number of fused-ring (bicyclic) bond motifs is 1. The largest absolute Gasteiger partial charge is 0.489 e. The van der Waals surface area contributed by atoms with Crippen LogP contribution in [-0.4, -0.2) is 50.2 Å². The first kappa shape index (κ1) is 22.6. The number of aliphatic imine (C=N–C) groups is 1. The average Bonchev–Trinajstić information content (AvgIpc) is 2.76. The van der Waals surface area contributed by atoms with Gasteiger partial charge < -0.3 is 20.5 Å². The number of benzene rings is 1. The fourth-order valence-corrected chi connectivity index (χ4v) is 4.83. The predicted molar refractivity (Wildman–Crippen MR) is 129 cm³/mol. The van der Waals surface area contributed by atoms with Crippen LogP contribution in [0.1, 0.15) is 63.5 Å². The first-order valence-corrected chi connectivity index (χ1v) is 11.9. The maximum Gasteiger partial charge on any atom is 0.414 e. The van der Waals surface area contributed by atoms with E-state index in [1.165, 1.54) is 13.5 Å². The summed E-state index contributed by atoms with van der Waals surface area (Å²) in [6, 6.07) is 4.85. The van der Waals surface area contributed by atoms with Crippen LogP contribution in [0, 0.1) is 0 Å². The molecule has 32 heavy (non-hydrogen) atoms. The van der Waals surface area contributed by atoms with E-state index in [0.717, 1.165) is 73.2 Å². The summed E-state index contributed by atoms with van der Waals surface area (Å²) in [5.41, 5.74) is 9.81. The van der Waals surface area contributed by atoms with E-state index in [-0.39, 0.29) is 18.2 Å². The van der Waals surface area contributed by atoms with E-state index >= 15 is 0 Å². The third-order valence-corrected chi connectivity index (χ3v) is 6.97. The van der Waals surface area contributed by atoms with Gasteiger partial charge in [0.15, 0.2) is 0 Å². The number of amides is 1. The molecule has 0 spiro atoms. The minimum absolute atomic E-state index is 0.0744. The molecule has 3 aliphatic rings. The van der Waals surface area contributed by atoms with Gasteiger partial charge in [-0.25, -0.2) is 4.79 Å². The minimum atomic E-state index is -0.336. The molecule has 2 fully saturated rings. The van der Waals surface area contributed by atoms with Gasteiger partial charge in [-0.05, 0) is 77.5 Å². The Morgan fingerprint density at radius 2 is 2.06 bits per heavy atom. The number of anilines is 1. The Labute approximate surface area is 191 Å². The van der Waals surface area contributed by atoms with Gasteiger partial charge in [0, 0.05) is 41.2 Å². The maximum atomic E-state index is 12.5. The number of nitrogens with zero attached hydrogens (tertiary/aromatic N) is 2. The zero-order valence-electron chi connectivity index (χ0n) is 19.5. The Balaban J connectivity index is 1.70. The van der Waals surface area contributed by atoms with E-state index in [9.17, 15) is 4.79 Å². The standard InChI is InChI=1S/C25H36N4O3/c1-16-13-19(11-12-27-16)28-15-18(14-26)21-9-10-23-22(24(21)32-20-5-4-6-20)8-7-17(2)29(23)25(30)31-3/h9-10,14-17,19-20,27H,4-8,11-13,26H2,1-3H3/t16-,17-,19+/m0/s1. The van der Waals surface area contributed by atoms with Crippen LogP contribution in [0.4, 0.5) is 10.5 Å². The van der Waals surface area contributed by atoms with Crippen LogP contribution in [-0.2, 0) is 11.2 Å². The third-order valence-electron chi connectivity index (χ3n) is 6.97. The molecule has 3 atom stereocenters. The van der Waals surface area contributed by atoms with Crippen LogP contribution in [0.15, 0.2) is 23.3 Å². The number of nitrogens with two attached hydrogens (primary N) is 1. The quantitative estimate of drug-likeness (QED) is 0.675. The van der Waals surface area contributed by atoms with Crippen LogP contribution >= 0.6 is 0 Å². The van der Waals surface area contributed by atoms with Gasteiger partial charge >= 0.3 is 6.09 Å². The lowest BCUT2D eigenvalue weighted by molar-refractivity contribution is 0.118. The van der Waals surface area contributed by atoms with Crippen molar-refractivity contribution in [3.8, 4) is 5.75 Å². The zero-order chi connectivity index (χ0) is 22.7. The normalized spacial score (nSPS) is 26.5. The summed E-state index contributed by atoms with van der Waals surface area (Å²) in [6.45, 7) is 5.24. The smallest absolute Gasteiger partial charge is 0.414 e. The number of hydrogen-bond acceptors (Lipinski definition) is 6. The molecule has 7 nitrogen and oxygen atoms in total. The van der Waals surface area contributed by atoms with Crippen molar-refractivity contribution in [1.82, 2.24) is 5.32 Å². The zero-order valence-corrected chi connectivity index (χ0v) is 19.5. The molecule has 0 bridgehead atoms. The Kier molecular flexibility index (Phi) is 7.04. The molecule has 3 N–H and O–H groups in total. The van der Waals surface area contributed by atoms with Gasteiger partial charge in [-0.15, -0.1) is 0 Å². The summed E-state index contributed by atoms with van der Waals surface area (Å²) in [4.78, 5) is 19.1. The van der Waals surface area contributed by atoms with E-state index in [1.807, 2.05) is 18.3 Å². The first-order valence-electron chi connectivity index (χ1n) is 11.9. The van der Waals surface area contributed by atoms with Gasteiger partial charge in [0.05, 0.1) is 24.9 Å². The summed E-state index contributed by atoms with van der Waals surface area (Å²) < 4.78 is 11.6. The molecule has 2 heterocycles. The van der Waals surface area contributed by atoms with Gasteiger partial charge in [0.2, 0.25) is 0 Å². The lowest BCUT2D eigenvalue weighted by Crippen LogP contribution is -2.42. The molecule has 7 heteroatoms. The van der Waals surface area contributed by atoms with E-state index in [2.05, 4.69) is 19.2 Å². The SMILES string of the molecule is COC(=O)N1c2ccc(C(C=N[C@@H]3CCN[C@@H](C)C3)=CN)c(OC3CCC3)c2CC[C@@H]1C. The Bertz CT molecular complexity index is 893.